The Kier molecular flexibility index (Phi) is 3.07. The fourth-order valence-electron chi connectivity index (χ4n) is 1.38. The van der Waals surface area contributed by atoms with Gasteiger partial charge >= 0.3 is 0 Å². The van der Waals surface area contributed by atoms with Crippen LogP contribution in [0.4, 0.5) is 0 Å². The van der Waals surface area contributed by atoms with E-state index in [9.17, 15) is 4.79 Å². The maximum absolute atomic E-state index is 11.5. The van der Waals surface area contributed by atoms with E-state index in [2.05, 4.69) is 6.58 Å². The van der Waals surface area contributed by atoms with Crippen LogP contribution in [0.3, 0.4) is 0 Å². The van der Waals surface area contributed by atoms with E-state index in [-0.39, 0.29) is 5.56 Å². The molecule has 70 valence electrons. The van der Waals surface area contributed by atoms with Crippen LogP contribution in [-0.2, 0) is 13.0 Å². The minimum atomic E-state index is 0.107. The number of hydrogen-bond donors (Lipinski definition) is 0. The van der Waals surface area contributed by atoms with E-state index >= 15 is 0 Å². The lowest BCUT2D eigenvalue weighted by molar-refractivity contribution is 0.714. The monoisotopic (exact) mass is 177 g/mol. The van der Waals surface area contributed by atoms with Gasteiger partial charge in [0.05, 0.1) is 0 Å². The first-order valence-electron chi connectivity index (χ1n) is 4.50. The number of hydrogen-bond acceptors (Lipinski definition) is 1. The largest absolute Gasteiger partial charge is 0.315 e. The van der Waals surface area contributed by atoms with E-state index < -0.39 is 0 Å². The van der Waals surface area contributed by atoms with Crippen LogP contribution in [0, 0.1) is 6.92 Å². The molecule has 1 aromatic rings. The lowest BCUT2D eigenvalue weighted by atomic mass is 10.1. The zero-order valence-corrected chi connectivity index (χ0v) is 8.21. The van der Waals surface area contributed by atoms with Gasteiger partial charge in [0.15, 0.2) is 0 Å². The highest BCUT2D eigenvalue weighted by Gasteiger charge is 1.99. The highest BCUT2D eigenvalue weighted by molar-refractivity contribution is 5.19. The molecule has 0 aliphatic carbocycles. The van der Waals surface area contributed by atoms with Gasteiger partial charge in [-0.1, -0.05) is 6.08 Å². The smallest absolute Gasteiger partial charge is 0.253 e. The van der Waals surface area contributed by atoms with Crippen LogP contribution in [0.1, 0.15) is 18.1 Å². The number of allylic oxidation sites excluding steroid dienone is 1. The Bertz CT molecular complexity index is 363. The van der Waals surface area contributed by atoms with Gasteiger partial charge in [-0.2, -0.15) is 0 Å². The van der Waals surface area contributed by atoms with Crippen molar-refractivity contribution < 1.29 is 0 Å². The molecule has 2 nitrogen and oxygen atoms in total. The Labute approximate surface area is 78.5 Å². The van der Waals surface area contributed by atoms with Crippen molar-refractivity contribution in [2.24, 2.45) is 0 Å². The summed E-state index contributed by atoms with van der Waals surface area (Å²) in [6, 6.07) is 1.93. The molecule has 0 bridgehead atoms. The van der Waals surface area contributed by atoms with Gasteiger partial charge in [0.25, 0.3) is 5.56 Å². The minimum Gasteiger partial charge on any atom is -0.315 e. The van der Waals surface area contributed by atoms with Crippen molar-refractivity contribution in [1.29, 1.82) is 0 Å². The van der Waals surface area contributed by atoms with E-state index in [0.29, 0.717) is 0 Å². The molecule has 1 aromatic heterocycles. The van der Waals surface area contributed by atoms with Gasteiger partial charge in [-0.05, 0) is 31.9 Å². The van der Waals surface area contributed by atoms with E-state index in [1.165, 1.54) is 0 Å². The zero-order valence-electron chi connectivity index (χ0n) is 8.21. The second-order valence-electron chi connectivity index (χ2n) is 3.12. The molecule has 0 aliphatic rings. The van der Waals surface area contributed by atoms with Crippen LogP contribution >= 0.6 is 0 Å². The van der Waals surface area contributed by atoms with Crippen LogP contribution in [0.25, 0.3) is 0 Å². The third-order valence-corrected chi connectivity index (χ3v) is 2.04. The van der Waals surface area contributed by atoms with E-state index in [4.69, 9.17) is 0 Å². The van der Waals surface area contributed by atoms with E-state index in [1.54, 1.807) is 4.57 Å². The summed E-state index contributed by atoms with van der Waals surface area (Å²) in [5, 5.41) is 0. The molecular formula is C11H15NO. The van der Waals surface area contributed by atoms with Crippen LogP contribution in [0.5, 0.6) is 0 Å². The number of aromatic nitrogens is 1. The van der Waals surface area contributed by atoms with E-state index in [0.717, 1.165) is 24.1 Å². The number of rotatable bonds is 3. The zero-order chi connectivity index (χ0) is 9.84. The van der Waals surface area contributed by atoms with Crippen molar-refractivity contribution in [3.8, 4) is 0 Å². The van der Waals surface area contributed by atoms with Gasteiger partial charge in [-0.15, -0.1) is 6.58 Å². The molecular weight excluding hydrogens is 162 g/mol. The summed E-state index contributed by atoms with van der Waals surface area (Å²) in [7, 11) is 0. The third kappa shape index (κ3) is 2.08. The molecule has 0 N–H and O–H groups in total. The van der Waals surface area contributed by atoms with Crippen molar-refractivity contribution in [3.63, 3.8) is 0 Å². The average Bonchev–Trinajstić information content (AvgIpc) is 2.11. The topological polar surface area (TPSA) is 22.0 Å². The summed E-state index contributed by atoms with van der Waals surface area (Å²) in [4.78, 5) is 11.5. The molecule has 0 aromatic carbocycles. The third-order valence-electron chi connectivity index (χ3n) is 2.04. The molecule has 0 aliphatic heterocycles. The predicted octanol–water partition coefficient (Wildman–Crippen LogP) is 1.91. The summed E-state index contributed by atoms with van der Waals surface area (Å²) >= 11 is 0. The standard InChI is InChI=1S/C11H15NO/c1-4-6-10-7-9(3)11(13)12(5-2)8-10/h4,7-8H,1,5-6H2,2-3H3. The molecule has 0 atom stereocenters. The van der Waals surface area contributed by atoms with Crippen LogP contribution in [0.15, 0.2) is 29.7 Å². The highest BCUT2D eigenvalue weighted by Crippen LogP contribution is 2.01. The summed E-state index contributed by atoms with van der Waals surface area (Å²) in [5.41, 5.74) is 2.06. The number of pyridine rings is 1. The van der Waals surface area contributed by atoms with Gasteiger partial charge in [-0.25, -0.2) is 0 Å². The average molecular weight is 177 g/mol. The SMILES string of the molecule is C=CCc1cc(C)c(=O)n(CC)c1. The first-order valence-corrected chi connectivity index (χ1v) is 4.50. The maximum atomic E-state index is 11.5. The Morgan fingerprint density at radius 3 is 2.85 bits per heavy atom. The van der Waals surface area contributed by atoms with Crippen molar-refractivity contribution in [2.75, 3.05) is 0 Å². The van der Waals surface area contributed by atoms with Crippen LogP contribution in [-0.4, -0.2) is 4.57 Å². The fraction of sp³-hybridized carbons (Fsp3) is 0.364. The lowest BCUT2D eigenvalue weighted by Gasteiger charge is -2.06. The first kappa shape index (κ1) is 9.78. The predicted molar refractivity (Wildman–Crippen MR) is 55.0 cm³/mol. The Morgan fingerprint density at radius 2 is 2.31 bits per heavy atom. The number of nitrogens with zero attached hydrogens (tertiary/aromatic N) is 1. The molecule has 0 spiro atoms. The van der Waals surface area contributed by atoms with Crippen molar-refractivity contribution in [2.45, 2.75) is 26.8 Å². The lowest BCUT2D eigenvalue weighted by Crippen LogP contribution is -2.21. The Morgan fingerprint density at radius 1 is 1.62 bits per heavy atom. The van der Waals surface area contributed by atoms with Gasteiger partial charge in [0, 0.05) is 18.3 Å². The molecule has 13 heavy (non-hydrogen) atoms. The fourth-order valence-corrected chi connectivity index (χ4v) is 1.38. The molecule has 2 heteroatoms. The van der Waals surface area contributed by atoms with Crippen molar-refractivity contribution in [3.05, 3.63) is 46.4 Å². The Balaban J connectivity index is 3.21. The van der Waals surface area contributed by atoms with Crippen molar-refractivity contribution in [1.82, 2.24) is 4.57 Å². The molecule has 1 rings (SSSR count). The highest BCUT2D eigenvalue weighted by atomic mass is 16.1. The van der Waals surface area contributed by atoms with Gasteiger partial charge in [0.2, 0.25) is 0 Å². The van der Waals surface area contributed by atoms with Gasteiger partial charge in [-0.3, -0.25) is 4.79 Å². The second kappa shape index (κ2) is 4.08. The molecule has 0 fully saturated rings. The van der Waals surface area contributed by atoms with E-state index in [1.807, 2.05) is 32.2 Å². The molecule has 0 saturated carbocycles. The van der Waals surface area contributed by atoms with Crippen LogP contribution in [0.2, 0.25) is 0 Å². The summed E-state index contributed by atoms with van der Waals surface area (Å²) in [5.74, 6) is 0. The summed E-state index contributed by atoms with van der Waals surface area (Å²) in [6.07, 6.45) is 4.57. The second-order valence-corrected chi connectivity index (χ2v) is 3.12. The molecule has 0 amide bonds. The maximum Gasteiger partial charge on any atom is 0.253 e. The Hall–Kier alpha value is -1.31. The molecule has 0 unspecified atom stereocenters. The number of aryl methyl sites for hydroxylation is 2. The van der Waals surface area contributed by atoms with Crippen molar-refractivity contribution >= 4 is 0 Å². The van der Waals surface area contributed by atoms with Crippen LogP contribution < -0.4 is 5.56 Å². The normalized spacial score (nSPS) is 10.0. The molecule has 1 heterocycles. The molecule has 0 radical (unpaired) electrons. The van der Waals surface area contributed by atoms with Gasteiger partial charge < -0.3 is 4.57 Å². The minimum absolute atomic E-state index is 0.107. The molecule has 0 saturated heterocycles. The summed E-state index contributed by atoms with van der Waals surface area (Å²) in [6.45, 7) is 8.22. The first-order chi connectivity index (χ1) is 6.19. The quantitative estimate of drug-likeness (QED) is 0.646. The summed E-state index contributed by atoms with van der Waals surface area (Å²) < 4.78 is 1.73. The van der Waals surface area contributed by atoms with Gasteiger partial charge in [0.1, 0.15) is 0 Å².